The van der Waals surface area contributed by atoms with Gasteiger partial charge in [-0.25, -0.2) is 23.4 Å². The number of sulfonamides is 1. The van der Waals surface area contributed by atoms with E-state index < -0.39 is 27.4 Å². The van der Waals surface area contributed by atoms with E-state index in [1.807, 2.05) is 34.6 Å². The summed E-state index contributed by atoms with van der Waals surface area (Å²) in [6.07, 6.45) is 2.04. The number of aromatic nitrogens is 7. The van der Waals surface area contributed by atoms with E-state index in [1.54, 1.807) is 49.0 Å². The highest BCUT2D eigenvalue weighted by atomic mass is 32.2. The van der Waals surface area contributed by atoms with Gasteiger partial charge in [0.05, 0.1) is 24.9 Å². The van der Waals surface area contributed by atoms with Crippen LogP contribution in [0.2, 0.25) is 0 Å². The largest absolute Gasteiger partial charge is 0.481 e. The van der Waals surface area contributed by atoms with Crippen LogP contribution in [-0.4, -0.2) is 61.8 Å². The van der Waals surface area contributed by atoms with Gasteiger partial charge >= 0.3 is 0 Å². The van der Waals surface area contributed by atoms with Gasteiger partial charge in [-0.2, -0.15) is 0 Å². The Morgan fingerprint density at radius 2 is 1.73 bits per heavy atom. The second-order valence-electron chi connectivity index (χ2n) is 9.77. The van der Waals surface area contributed by atoms with Gasteiger partial charge in [0.15, 0.2) is 11.6 Å². The fourth-order valence-corrected chi connectivity index (χ4v) is 5.47. The van der Waals surface area contributed by atoms with Gasteiger partial charge in [0.2, 0.25) is 21.9 Å². The molecule has 0 saturated heterocycles. The van der Waals surface area contributed by atoms with E-state index in [0.29, 0.717) is 28.9 Å². The molecule has 14 heteroatoms. The third-order valence-corrected chi connectivity index (χ3v) is 8.07. The molecule has 1 N–H and O–H groups in total. The summed E-state index contributed by atoms with van der Waals surface area (Å²) in [4.78, 5) is 13.2. The minimum absolute atomic E-state index is 0.00732. The summed E-state index contributed by atoms with van der Waals surface area (Å²) < 4.78 is 48.6. The summed E-state index contributed by atoms with van der Waals surface area (Å²) in [6.45, 7) is 12.5. The SMILES string of the molecule is COc1cccc(-c2nnc(NS(=O)(=O)C(C)C(OC(C)C)c3ncc(C)cn3)n2[C@@H](C)c2c(C)noc2C)n1. The molecule has 4 aromatic rings. The maximum atomic E-state index is 13.8. The summed E-state index contributed by atoms with van der Waals surface area (Å²) in [5.41, 5.74) is 2.72. The highest BCUT2D eigenvalue weighted by molar-refractivity contribution is 7.93. The molecule has 40 heavy (non-hydrogen) atoms. The number of rotatable bonds is 11. The number of anilines is 1. The molecule has 4 aromatic heterocycles. The Balaban J connectivity index is 1.79. The van der Waals surface area contributed by atoms with Gasteiger partial charge in [-0.15, -0.1) is 10.2 Å². The van der Waals surface area contributed by atoms with Crippen molar-refractivity contribution in [2.75, 3.05) is 11.8 Å². The number of aryl methyl sites for hydroxylation is 3. The predicted molar refractivity (Wildman–Crippen MR) is 147 cm³/mol. The molecule has 0 aliphatic rings. The van der Waals surface area contributed by atoms with E-state index in [1.165, 1.54) is 7.11 Å². The average molecular weight is 571 g/mol. The van der Waals surface area contributed by atoms with Crippen LogP contribution in [0.25, 0.3) is 11.5 Å². The quantitative estimate of drug-likeness (QED) is 0.278. The van der Waals surface area contributed by atoms with Gasteiger partial charge in [0.25, 0.3) is 0 Å². The Labute approximate surface area is 233 Å². The Morgan fingerprint density at radius 1 is 1.02 bits per heavy atom. The molecule has 214 valence electrons. The number of pyridine rings is 1. The highest BCUT2D eigenvalue weighted by Crippen LogP contribution is 2.33. The summed E-state index contributed by atoms with van der Waals surface area (Å²) in [5, 5.41) is 11.5. The first-order valence-electron chi connectivity index (χ1n) is 12.8. The molecular formula is C26H34N8O5S. The van der Waals surface area contributed by atoms with E-state index in [9.17, 15) is 8.42 Å². The van der Waals surface area contributed by atoms with Crippen LogP contribution in [0.5, 0.6) is 5.88 Å². The second-order valence-corrected chi connectivity index (χ2v) is 11.8. The molecule has 0 radical (unpaired) electrons. The number of nitrogens with one attached hydrogen (secondary N) is 1. The topological polar surface area (TPSA) is 160 Å². The average Bonchev–Trinajstić information content (AvgIpc) is 3.48. The predicted octanol–water partition coefficient (Wildman–Crippen LogP) is 3.96. The standard InChI is InChI=1S/C26H34N8O5S/c1-14(2)38-23(24-27-12-15(3)13-28-24)19(7)40(35,36)33-26-31-30-25(20-10-9-11-21(29-20)37-8)34(26)17(5)22-16(4)32-39-18(22)6/h9-14,17,19,23H,1-8H3,(H,31,33)/t17-,19?,23?/m0/s1. The van der Waals surface area contributed by atoms with E-state index in [-0.39, 0.29) is 17.9 Å². The molecule has 0 aromatic carbocycles. The molecule has 0 saturated carbocycles. The Kier molecular flexibility index (Phi) is 8.49. The van der Waals surface area contributed by atoms with Crippen LogP contribution < -0.4 is 9.46 Å². The zero-order valence-electron chi connectivity index (χ0n) is 23.8. The number of methoxy groups -OCH3 is 1. The smallest absolute Gasteiger partial charge is 0.240 e. The van der Waals surface area contributed by atoms with Crippen molar-refractivity contribution in [3.63, 3.8) is 0 Å². The van der Waals surface area contributed by atoms with Crippen LogP contribution in [0, 0.1) is 20.8 Å². The van der Waals surface area contributed by atoms with E-state index >= 15 is 0 Å². The van der Waals surface area contributed by atoms with Crippen LogP contribution in [0.4, 0.5) is 5.95 Å². The Bertz CT molecular complexity index is 1550. The molecule has 0 bridgehead atoms. The number of ether oxygens (including phenoxy) is 2. The van der Waals surface area contributed by atoms with Crippen molar-refractivity contribution in [2.24, 2.45) is 0 Å². The minimum atomic E-state index is -4.11. The second kappa shape index (κ2) is 11.7. The van der Waals surface area contributed by atoms with Gasteiger partial charge in [-0.05, 0) is 60.1 Å². The minimum Gasteiger partial charge on any atom is -0.481 e. The fraction of sp³-hybridized carbons (Fsp3) is 0.462. The van der Waals surface area contributed by atoms with Crippen molar-refractivity contribution in [2.45, 2.75) is 72.0 Å². The third-order valence-electron chi connectivity index (χ3n) is 6.37. The first kappa shape index (κ1) is 29.1. The molecule has 13 nitrogen and oxygen atoms in total. The first-order valence-corrected chi connectivity index (χ1v) is 14.3. The van der Waals surface area contributed by atoms with Crippen molar-refractivity contribution in [3.05, 3.63) is 59.0 Å². The van der Waals surface area contributed by atoms with Gasteiger partial charge in [-0.3, -0.25) is 9.29 Å². The van der Waals surface area contributed by atoms with Gasteiger partial charge < -0.3 is 14.0 Å². The maximum absolute atomic E-state index is 13.8. The lowest BCUT2D eigenvalue weighted by molar-refractivity contribution is 0.00152. The molecule has 4 heterocycles. The van der Waals surface area contributed by atoms with Crippen LogP contribution in [0.15, 0.2) is 35.1 Å². The van der Waals surface area contributed by atoms with Crippen LogP contribution in [0.1, 0.15) is 68.2 Å². The maximum Gasteiger partial charge on any atom is 0.240 e. The zero-order valence-corrected chi connectivity index (χ0v) is 24.6. The molecule has 0 fully saturated rings. The molecule has 3 atom stereocenters. The van der Waals surface area contributed by atoms with Crippen molar-refractivity contribution in [3.8, 4) is 17.4 Å². The molecule has 0 aliphatic heterocycles. The fourth-order valence-electron chi connectivity index (χ4n) is 4.38. The number of hydrogen-bond donors (Lipinski definition) is 1. The summed E-state index contributed by atoms with van der Waals surface area (Å²) in [7, 11) is -2.59. The molecule has 0 aliphatic carbocycles. The lowest BCUT2D eigenvalue weighted by Gasteiger charge is -2.26. The number of nitrogens with zero attached hydrogens (tertiary/aromatic N) is 7. The van der Waals surface area contributed by atoms with Crippen molar-refractivity contribution in [1.82, 2.24) is 34.9 Å². The summed E-state index contributed by atoms with van der Waals surface area (Å²) in [5.74, 6) is 1.55. The summed E-state index contributed by atoms with van der Waals surface area (Å²) >= 11 is 0. The van der Waals surface area contributed by atoms with Crippen LogP contribution in [-0.2, 0) is 14.8 Å². The molecule has 4 rings (SSSR count). The lowest BCUT2D eigenvalue weighted by atomic mass is 10.1. The van der Waals surface area contributed by atoms with Crippen molar-refractivity contribution in [1.29, 1.82) is 0 Å². The Hall–Kier alpha value is -3.91. The van der Waals surface area contributed by atoms with Gasteiger partial charge in [-0.1, -0.05) is 11.2 Å². The highest BCUT2D eigenvalue weighted by Gasteiger charge is 2.36. The van der Waals surface area contributed by atoms with Crippen molar-refractivity contribution >= 4 is 16.0 Å². The summed E-state index contributed by atoms with van der Waals surface area (Å²) in [6, 6.07) is 4.74. The van der Waals surface area contributed by atoms with Gasteiger partial charge in [0, 0.05) is 24.0 Å². The number of hydrogen-bond acceptors (Lipinski definition) is 11. The molecular weight excluding hydrogens is 536 g/mol. The molecule has 2 unspecified atom stereocenters. The molecule has 0 amide bonds. The molecule has 0 spiro atoms. The Morgan fingerprint density at radius 3 is 2.33 bits per heavy atom. The van der Waals surface area contributed by atoms with E-state index in [2.05, 4.69) is 35.0 Å². The monoisotopic (exact) mass is 570 g/mol. The third kappa shape index (κ3) is 5.97. The van der Waals surface area contributed by atoms with E-state index in [4.69, 9.17) is 14.0 Å². The van der Waals surface area contributed by atoms with Crippen LogP contribution >= 0.6 is 0 Å². The normalized spacial score (nSPS) is 14.2. The zero-order chi connectivity index (χ0) is 29.2. The van der Waals surface area contributed by atoms with E-state index in [0.717, 1.165) is 11.1 Å². The van der Waals surface area contributed by atoms with Crippen molar-refractivity contribution < 1.29 is 22.4 Å². The van der Waals surface area contributed by atoms with Gasteiger partial charge in [0.1, 0.15) is 22.8 Å². The first-order chi connectivity index (χ1) is 18.9. The van der Waals surface area contributed by atoms with Crippen LogP contribution in [0.3, 0.4) is 0 Å². The lowest BCUT2D eigenvalue weighted by Crippen LogP contribution is -2.35.